The minimum Gasteiger partial charge on any atom is -0.493 e. The van der Waals surface area contributed by atoms with Gasteiger partial charge < -0.3 is 4.74 Å². The van der Waals surface area contributed by atoms with Gasteiger partial charge in [0.2, 0.25) is 6.08 Å². The first-order valence-electron chi connectivity index (χ1n) is 6.25. The van der Waals surface area contributed by atoms with Crippen LogP contribution in [0.2, 0.25) is 0 Å². The van der Waals surface area contributed by atoms with Crippen molar-refractivity contribution in [3.05, 3.63) is 29.6 Å². The van der Waals surface area contributed by atoms with Gasteiger partial charge in [-0.1, -0.05) is 0 Å². The zero-order chi connectivity index (χ0) is 12.6. The van der Waals surface area contributed by atoms with E-state index in [-0.39, 0.29) is 5.82 Å². The summed E-state index contributed by atoms with van der Waals surface area (Å²) in [5, 5.41) is 0. The molecule has 94 valence electrons. The van der Waals surface area contributed by atoms with Gasteiger partial charge in [0, 0.05) is 5.56 Å². The van der Waals surface area contributed by atoms with Crippen molar-refractivity contribution in [1.82, 2.24) is 0 Å². The Morgan fingerprint density at radius 1 is 1.44 bits per heavy atom. The molecule has 2 aliphatic rings. The predicted octanol–water partition coefficient (Wildman–Crippen LogP) is 2.94. The van der Waals surface area contributed by atoms with Crippen molar-refractivity contribution in [2.75, 3.05) is 6.61 Å². The lowest BCUT2D eigenvalue weighted by Gasteiger charge is -2.15. The molecule has 0 spiro atoms. The van der Waals surface area contributed by atoms with E-state index in [1.165, 1.54) is 25.0 Å². The highest BCUT2D eigenvalue weighted by Gasteiger charge is 2.47. The molecule has 4 heteroatoms. The second kappa shape index (κ2) is 4.21. The molecular weight excluding hydrogens is 233 g/mol. The topological polar surface area (TPSA) is 38.7 Å². The van der Waals surface area contributed by atoms with Crippen LogP contribution in [0.4, 0.5) is 4.39 Å². The van der Waals surface area contributed by atoms with Gasteiger partial charge in [0.25, 0.3) is 0 Å². The number of isocyanates is 1. The molecule has 0 saturated heterocycles. The molecule has 18 heavy (non-hydrogen) atoms. The van der Waals surface area contributed by atoms with E-state index in [0.717, 1.165) is 12.8 Å². The predicted molar refractivity (Wildman–Crippen MR) is 63.7 cm³/mol. The van der Waals surface area contributed by atoms with Crippen molar-refractivity contribution in [2.24, 2.45) is 10.9 Å². The summed E-state index contributed by atoms with van der Waals surface area (Å²) in [6.07, 6.45) is 5.51. The van der Waals surface area contributed by atoms with E-state index in [0.29, 0.717) is 23.8 Å². The SMILES string of the molecule is O=C=NC1(c2cc(F)ccc2OCC2CC2)CC1. The third-order valence-corrected chi connectivity index (χ3v) is 3.60. The van der Waals surface area contributed by atoms with Crippen LogP contribution in [0.25, 0.3) is 0 Å². The smallest absolute Gasteiger partial charge is 0.235 e. The first kappa shape index (κ1) is 11.4. The van der Waals surface area contributed by atoms with Gasteiger partial charge in [-0.25, -0.2) is 9.18 Å². The molecule has 3 rings (SSSR count). The zero-order valence-corrected chi connectivity index (χ0v) is 9.99. The molecule has 0 atom stereocenters. The molecule has 2 fully saturated rings. The van der Waals surface area contributed by atoms with Gasteiger partial charge in [0.1, 0.15) is 17.1 Å². The summed E-state index contributed by atoms with van der Waals surface area (Å²) in [4.78, 5) is 14.3. The fraction of sp³-hybridized carbons (Fsp3) is 0.500. The molecule has 0 heterocycles. The van der Waals surface area contributed by atoms with E-state index in [2.05, 4.69) is 4.99 Å². The fourth-order valence-corrected chi connectivity index (χ4v) is 2.13. The Hall–Kier alpha value is -1.67. The molecule has 2 aliphatic carbocycles. The summed E-state index contributed by atoms with van der Waals surface area (Å²) in [7, 11) is 0. The van der Waals surface area contributed by atoms with Gasteiger partial charge in [0.05, 0.1) is 6.61 Å². The summed E-state index contributed by atoms with van der Waals surface area (Å²) in [6, 6.07) is 4.44. The maximum atomic E-state index is 13.4. The summed E-state index contributed by atoms with van der Waals surface area (Å²) in [5.41, 5.74) is 0.106. The Morgan fingerprint density at radius 2 is 2.22 bits per heavy atom. The van der Waals surface area contributed by atoms with Crippen molar-refractivity contribution in [1.29, 1.82) is 0 Å². The van der Waals surface area contributed by atoms with Crippen LogP contribution >= 0.6 is 0 Å². The number of halogens is 1. The van der Waals surface area contributed by atoms with Crippen LogP contribution in [-0.4, -0.2) is 12.7 Å². The number of carbonyl (C=O) groups excluding carboxylic acids is 1. The maximum Gasteiger partial charge on any atom is 0.235 e. The van der Waals surface area contributed by atoms with E-state index in [4.69, 9.17) is 4.74 Å². The number of hydrogen-bond donors (Lipinski definition) is 0. The number of benzene rings is 1. The molecule has 0 aliphatic heterocycles. The van der Waals surface area contributed by atoms with Gasteiger partial charge >= 0.3 is 0 Å². The Balaban J connectivity index is 1.89. The molecule has 3 nitrogen and oxygen atoms in total. The molecule has 1 aromatic carbocycles. The standard InChI is InChI=1S/C14H14FNO2/c15-11-3-4-13(18-8-10-1-2-10)12(7-11)14(5-6-14)16-9-17/h3-4,7,10H,1-2,5-6,8H2. The molecule has 0 aromatic heterocycles. The number of hydrogen-bond acceptors (Lipinski definition) is 3. The highest BCUT2D eigenvalue weighted by Crippen LogP contribution is 2.52. The van der Waals surface area contributed by atoms with E-state index < -0.39 is 5.54 Å². The second-order valence-corrected chi connectivity index (χ2v) is 5.13. The summed E-state index contributed by atoms with van der Waals surface area (Å²) < 4.78 is 19.1. The van der Waals surface area contributed by atoms with Crippen LogP contribution < -0.4 is 4.74 Å². The van der Waals surface area contributed by atoms with Crippen LogP contribution in [0.5, 0.6) is 5.75 Å². The van der Waals surface area contributed by atoms with Gasteiger partial charge in [-0.2, -0.15) is 4.99 Å². The summed E-state index contributed by atoms with van der Waals surface area (Å²) in [5.74, 6) is 0.962. The largest absolute Gasteiger partial charge is 0.493 e. The molecule has 0 radical (unpaired) electrons. The Kier molecular flexibility index (Phi) is 2.67. The lowest BCUT2D eigenvalue weighted by atomic mass is 10.0. The quantitative estimate of drug-likeness (QED) is 0.592. The van der Waals surface area contributed by atoms with Crippen molar-refractivity contribution in [3.63, 3.8) is 0 Å². The molecular formula is C14H14FNO2. The normalized spacial score (nSPS) is 20.1. The number of nitrogens with zero attached hydrogens (tertiary/aromatic N) is 1. The number of rotatable bonds is 5. The molecule has 1 aromatic rings. The second-order valence-electron chi connectivity index (χ2n) is 5.13. The lowest BCUT2D eigenvalue weighted by Crippen LogP contribution is -2.09. The minimum atomic E-state index is -0.581. The average Bonchev–Trinajstić information content (AvgIpc) is 3.24. The number of ether oxygens (including phenoxy) is 1. The van der Waals surface area contributed by atoms with E-state index >= 15 is 0 Å². The molecule has 0 amide bonds. The van der Waals surface area contributed by atoms with Gasteiger partial charge in [-0.05, 0) is 49.8 Å². The van der Waals surface area contributed by atoms with Crippen LogP contribution in [0, 0.1) is 11.7 Å². The monoisotopic (exact) mass is 247 g/mol. The summed E-state index contributed by atoms with van der Waals surface area (Å²) >= 11 is 0. The van der Waals surface area contributed by atoms with E-state index in [1.54, 1.807) is 12.1 Å². The molecule has 2 saturated carbocycles. The first-order chi connectivity index (χ1) is 8.73. The molecule has 0 bridgehead atoms. The van der Waals surface area contributed by atoms with Crippen molar-refractivity contribution < 1.29 is 13.9 Å². The van der Waals surface area contributed by atoms with Crippen LogP contribution in [0.15, 0.2) is 23.2 Å². The van der Waals surface area contributed by atoms with Crippen molar-refractivity contribution in [2.45, 2.75) is 31.2 Å². The number of aliphatic imine (C=N–C) groups is 1. The maximum absolute atomic E-state index is 13.4. The van der Waals surface area contributed by atoms with E-state index in [9.17, 15) is 9.18 Å². The Bertz CT molecular complexity index is 515. The van der Waals surface area contributed by atoms with Gasteiger partial charge in [-0.15, -0.1) is 0 Å². The average molecular weight is 247 g/mol. The Morgan fingerprint density at radius 3 is 2.83 bits per heavy atom. The first-order valence-corrected chi connectivity index (χ1v) is 6.25. The van der Waals surface area contributed by atoms with Crippen molar-refractivity contribution in [3.8, 4) is 5.75 Å². The Labute approximate surface area is 105 Å². The zero-order valence-electron chi connectivity index (χ0n) is 9.99. The van der Waals surface area contributed by atoms with Crippen LogP contribution in [0.3, 0.4) is 0 Å². The van der Waals surface area contributed by atoms with E-state index in [1.807, 2.05) is 0 Å². The highest BCUT2D eigenvalue weighted by atomic mass is 19.1. The minimum absolute atomic E-state index is 0.323. The van der Waals surface area contributed by atoms with Crippen LogP contribution in [-0.2, 0) is 10.3 Å². The van der Waals surface area contributed by atoms with Gasteiger partial charge in [0.15, 0.2) is 0 Å². The van der Waals surface area contributed by atoms with Crippen molar-refractivity contribution >= 4 is 6.08 Å². The molecule has 0 N–H and O–H groups in total. The fourth-order valence-electron chi connectivity index (χ4n) is 2.13. The lowest BCUT2D eigenvalue weighted by molar-refractivity contribution is 0.294. The summed E-state index contributed by atoms with van der Waals surface area (Å²) in [6.45, 7) is 0.666. The van der Waals surface area contributed by atoms with Crippen LogP contribution in [0.1, 0.15) is 31.2 Å². The third kappa shape index (κ3) is 2.16. The van der Waals surface area contributed by atoms with Gasteiger partial charge in [-0.3, -0.25) is 0 Å². The molecule has 0 unspecified atom stereocenters. The third-order valence-electron chi connectivity index (χ3n) is 3.60. The highest BCUT2D eigenvalue weighted by molar-refractivity contribution is 5.47.